The molecule has 0 rings (SSSR count). The molecule has 0 N–H and O–H groups in total. The summed E-state index contributed by atoms with van der Waals surface area (Å²) in [5.41, 5.74) is 0. The summed E-state index contributed by atoms with van der Waals surface area (Å²) in [7, 11) is 0. The Morgan fingerprint density at radius 3 is 2.29 bits per heavy atom. The third kappa shape index (κ3) is 10.7. The second-order valence-electron chi connectivity index (χ2n) is 1.28. The van der Waals surface area contributed by atoms with E-state index in [-0.39, 0.29) is 18.9 Å². The van der Waals surface area contributed by atoms with Crippen molar-refractivity contribution in [3.63, 3.8) is 0 Å². The van der Waals surface area contributed by atoms with Gasteiger partial charge in [-0.3, -0.25) is 0 Å². The Morgan fingerprint density at radius 2 is 2.14 bits per heavy atom. The average Bonchev–Trinajstić information content (AvgIpc) is 1.61. The number of hydrogen-bond donors (Lipinski definition) is 0. The first kappa shape index (κ1) is 10.3. The summed E-state index contributed by atoms with van der Waals surface area (Å²) in [6, 6.07) is 0. The van der Waals surface area contributed by atoms with E-state index in [2.05, 4.69) is 13.5 Å². The van der Waals surface area contributed by atoms with Gasteiger partial charge in [0.15, 0.2) is 0 Å². The molecule has 0 heterocycles. The molecule has 1 heteroatoms. The first-order valence-corrected chi connectivity index (χ1v) is 2.32. The molecule has 7 heavy (non-hydrogen) atoms. The molecule has 0 unspecified atom stereocenters. The topological polar surface area (TPSA) is 0 Å². The van der Waals surface area contributed by atoms with Gasteiger partial charge in [0.1, 0.15) is 0 Å². The minimum Gasteiger partial charge on any atom is -0.343 e. The fourth-order valence-corrected chi connectivity index (χ4v) is 0.289. The zero-order chi connectivity index (χ0) is 4.83. The Morgan fingerprint density at radius 1 is 1.57 bits per heavy atom. The molecule has 0 fully saturated rings. The number of allylic oxidation sites excluding steroid dienone is 1. The van der Waals surface area contributed by atoms with Gasteiger partial charge in [0, 0.05) is 0 Å². The third-order valence-electron chi connectivity index (χ3n) is 0.658. The number of rotatable bonds is 3. The predicted octanol–water partition coefficient (Wildman–Crippen LogP) is -0.819. The van der Waals surface area contributed by atoms with Crippen LogP contribution < -0.4 is 18.9 Å². The van der Waals surface area contributed by atoms with Crippen LogP contribution in [0.2, 0.25) is 0 Å². The molecule has 36 valence electrons. The monoisotopic (exact) mass is 90.1 g/mol. The van der Waals surface area contributed by atoms with Gasteiger partial charge >= 0.3 is 18.9 Å². The van der Waals surface area contributed by atoms with Gasteiger partial charge in [-0.25, -0.2) is 0 Å². The quantitative estimate of drug-likeness (QED) is 0.184. The van der Waals surface area contributed by atoms with E-state index in [1.807, 2.05) is 6.08 Å². The molecule has 0 bridgehead atoms. The standard InChI is InChI=1S/C6H11.Li/c1-3-5-6-4-2;/h3H,1-2,4-6H2;/q-1;+1. The van der Waals surface area contributed by atoms with Crippen LogP contribution in [0.1, 0.15) is 19.3 Å². The van der Waals surface area contributed by atoms with Crippen LogP contribution in [0.5, 0.6) is 0 Å². The molecule has 0 aliphatic heterocycles. The summed E-state index contributed by atoms with van der Waals surface area (Å²) in [6.07, 6.45) is 5.25. The minimum atomic E-state index is 0. The normalized spacial score (nSPS) is 7.00. The molecule has 0 aromatic heterocycles. The molecule has 0 nitrogen and oxygen atoms in total. The Balaban J connectivity index is 0. The predicted molar refractivity (Wildman–Crippen MR) is 29.4 cm³/mol. The molecule has 0 aliphatic rings. The van der Waals surface area contributed by atoms with E-state index < -0.39 is 0 Å². The first-order valence-electron chi connectivity index (χ1n) is 2.32. The van der Waals surface area contributed by atoms with Crippen molar-refractivity contribution in [2.24, 2.45) is 0 Å². The smallest absolute Gasteiger partial charge is 0.343 e. The van der Waals surface area contributed by atoms with Gasteiger partial charge in [0.2, 0.25) is 0 Å². The first-order chi connectivity index (χ1) is 2.91. The van der Waals surface area contributed by atoms with E-state index in [4.69, 9.17) is 0 Å². The van der Waals surface area contributed by atoms with Gasteiger partial charge in [-0.1, -0.05) is 12.5 Å². The Labute approximate surface area is 58.2 Å². The largest absolute Gasteiger partial charge is 1.00 e. The van der Waals surface area contributed by atoms with Crippen molar-refractivity contribution in [1.82, 2.24) is 0 Å². The summed E-state index contributed by atoms with van der Waals surface area (Å²) in [5.74, 6) is 0. The van der Waals surface area contributed by atoms with Crippen molar-refractivity contribution in [2.45, 2.75) is 19.3 Å². The van der Waals surface area contributed by atoms with Crippen LogP contribution in [0, 0.1) is 6.92 Å². The second kappa shape index (κ2) is 9.60. The maximum atomic E-state index is 3.68. The molecule has 0 spiro atoms. The molecule has 0 aliphatic carbocycles. The van der Waals surface area contributed by atoms with Crippen LogP contribution in [-0.4, -0.2) is 0 Å². The molecule has 0 aromatic rings. The van der Waals surface area contributed by atoms with Gasteiger partial charge in [-0.15, -0.1) is 6.58 Å². The van der Waals surface area contributed by atoms with Crippen molar-refractivity contribution in [3.05, 3.63) is 19.6 Å². The maximum Gasteiger partial charge on any atom is 1.00 e. The van der Waals surface area contributed by atoms with Crippen LogP contribution in [0.3, 0.4) is 0 Å². The van der Waals surface area contributed by atoms with Gasteiger partial charge < -0.3 is 6.92 Å². The van der Waals surface area contributed by atoms with Crippen LogP contribution in [0.15, 0.2) is 12.7 Å². The van der Waals surface area contributed by atoms with E-state index in [1.165, 1.54) is 6.42 Å². The fraction of sp³-hybridized carbons (Fsp3) is 0.500. The Hall–Kier alpha value is 0.337. The van der Waals surface area contributed by atoms with E-state index in [1.54, 1.807) is 0 Å². The molecular weight excluding hydrogens is 79.0 g/mol. The van der Waals surface area contributed by atoms with Crippen molar-refractivity contribution < 1.29 is 18.9 Å². The molecule has 0 amide bonds. The maximum absolute atomic E-state index is 3.68. The van der Waals surface area contributed by atoms with Crippen molar-refractivity contribution in [3.8, 4) is 0 Å². The molecule has 0 atom stereocenters. The summed E-state index contributed by atoms with van der Waals surface area (Å²) >= 11 is 0. The zero-order valence-corrected chi connectivity index (χ0v) is 5.11. The molecule has 0 saturated heterocycles. The van der Waals surface area contributed by atoms with E-state index in [0.29, 0.717) is 0 Å². The number of hydrogen-bond acceptors (Lipinski definition) is 0. The van der Waals surface area contributed by atoms with Crippen molar-refractivity contribution >= 4 is 0 Å². The summed E-state index contributed by atoms with van der Waals surface area (Å²) in [4.78, 5) is 0. The van der Waals surface area contributed by atoms with Crippen LogP contribution in [0.25, 0.3) is 0 Å². The summed E-state index contributed by atoms with van der Waals surface area (Å²) < 4.78 is 0. The molecular formula is C6H11Li. The Bertz CT molecular complexity index is 33.2. The summed E-state index contributed by atoms with van der Waals surface area (Å²) in [6.45, 7) is 7.25. The minimum absolute atomic E-state index is 0. The second-order valence-corrected chi connectivity index (χ2v) is 1.28. The van der Waals surface area contributed by atoms with Gasteiger partial charge in [0.25, 0.3) is 0 Å². The molecule has 0 aromatic carbocycles. The zero-order valence-electron chi connectivity index (χ0n) is 5.11. The van der Waals surface area contributed by atoms with Crippen molar-refractivity contribution in [2.75, 3.05) is 0 Å². The van der Waals surface area contributed by atoms with Gasteiger partial charge in [-0.05, 0) is 6.42 Å². The van der Waals surface area contributed by atoms with Gasteiger partial charge in [-0.2, -0.15) is 6.42 Å². The summed E-state index contributed by atoms with van der Waals surface area (Å²) in [5, 5.41) is 0. The molecule has 0 saturated carbocycles. The molecule has 0 radical (unpaired) electrons. The van der Waals surface area contributed by atoms with Crippen LogP contribution in [-0.2, 0) is 0 Å². The van der Waals surface area contributed by atoms with E-state index >= 15 is 0 Å². The van der Waals surface area contributed by atoms with Crippen LogP contribution in [0.4, 0.5) is 0 Å². The van der Waals surface area contributed by atoms with Crippen LogP contribution >= 0.6 is 0 Å². The average molecular weight is 90.1 g/mol. The third-order valence-corrected chi connectivity index (χ3v) is 0.658. The Kier molecular flexibility index (Phi) is 14.2. The van der Waals surface area contributed by atoms with Gasteiger partial charge in [0.05, 0.1) is 0 Å². The van der Waals surface area contributed by atoms with E-state index in [9.17, 15) is 0 Å². The fourth-order valence-electron chi connectivity index (χ4n) is 0.289. The SMILES string of the molecule is C=CCCC[CH2-].[Li+]. The number of unbranched alkanes of at least 4 members (excludes halogenated alkanes) is 2. The van der Waals surface area contributed by atoms with E-state index in [0.717, 1.165) is 12.8 Å². The van der Waals surface area contributed by atoms with Crippen molar-refractivity contribution in [1.29, 1.82) is 0 Å².